The Kier molecular flexibility index (Phi) is 6.91. The maximum absolute atomic E-state index is 14.1. The first kappa shape index (κ1) is 25.8. The van der Waals surface area contributed by atoms with E-state index in [9.17, 15) is 22.7 Å². The highest BCUT2D eigenvalue weighted by Crippen LogP contribution is 2.33. The van der Waals surface area contributed by atoms with Gasteiger partial charge in [-0.3, -0.25) is 4.98 Å². The molecule has 1 N–H and O–H groups in total. The van der Waals surface area contributed by atoms with Crippen molar-refractivity contribution in [3.63, 3.8) is 0 Å². The Bertz CT molecular complexity index is 1450. The Labute approximate surface area is 215 Å². The van der Waals surface area contributed by atoms with Gasteiger partial charge in [-0.2, -0.15) is 13.9 Å². The van der Waals surface area contributed by atoms with E-state index in [4.69, 9.17) is 14.7 Å². The lowest BCUT2D eigenvalue weighted by molar-refractivity contribution is 0.0566. The van der Waals surface area contributed by atoms with Crippen LogP contribution in [-0.2, 0) is 6.42 Å². The van der Waals surface area contributed by atoms with Gasteiger partial charge in [-0.1, -0.05) is 0 Å². The van der Waals surface area contributed by atoms with Crippen LogP contribution in [0, 0.1) is 11.6 Å². The van der Waals surface area contributed by atoms with E-state index < -0.39 is 23.8 Å². The molecule has 1 saturated heterocycles. The molecule has 200 valence electrons. The van der Waals surface area contributed by atoms with Crippen molar-refractivity contribution in [1.82, 2.24) is 24.7 Å². The number of anilines is 1. The lowest BCUT2D eigenvalue weighted by Crippen LogP contribution is -2.39. The average molecular weight is 531 g/mol. The highest BCUT2D eigenvalue weighted by molar-refractivity contribution is 5.83. The highest BCUT2D eigenvalue weighted by Gasteiger charge is 2.27. The quantitative estimate of drug-likeness (QED) is 0.339. The van der Waals surface area contributed by atoms with Crippen LogP contribution in [0.2, 0.25) is 0 Å². The molecule has 0 amide bonds. The molecule has 0 bridgehead atoms. The number of aromatic nitrogens is 5. The van der Waals surface area contributed by atoms with Crippen molar-refractivity contribution >= 4 is 16.9 Å². The Morgan fingerprint density at radius 3 is 2.50 bits per heavy atom. The van der Waals surface area contributed by atoms with Gasteiger partial charge in [-0.05, 0) is 32.0 Å². The number of nitrogens with zero attached hydrogens (tertiary/aromatic N) is 6. The standard InChI is InChI=1S/C26H26F4N6O2/c1-26(2,37)11-17-10-20-21(13-31-17)33-23(15-12-32-36(14-15)25(29)30)24(34-20)35-7-5-18(6-8-35)38-22-4-3-16(27)9-19(22)28/h3-4,9-10,12-14,18,25,37H,5-8,11H2,1-2H3. The number of hydrogen-bond acceptors (Lipinski definition) is 7. The Hall–Kier alpha value is -3.80. The van der Waals surface area contributed by atoms with Crippen molar-refractivity contribution < 1.29 is 27.4 Å². The number of fused-ring (bicyclic) bond motifs is 1. The number of piperidine rings is 1. The minimum Gasteiger partial charge on any atom is -0.487 e. The normalized spacial score (nSPS) is 15.0. The number of halogens is 4. The molecule has 4 aromatic rings. The fourth-order valence-electron chi connectivity index (χ4n) is 4.45. The van der Waals surface area contributed by atoms with Crippen molar-refractivity contribution in [2.24, 2.45) is 0 Å². The summed E-state index contributed by atoms with van der Waals surface area (Å²) in [6, 6.07) is 4.94. The smallest absolute Gasteiger partial charge is 0.333 e. The zero-order valence-electron chi connectivity index (χ0n) is 20.8. The Morgan fingerprint density at radius 1 is 1.08 bits per heavy atom. The number of aliphatic hydroxyl groups is 1. The third-order valence-electron chi connectivity index (χ3n) is 6.21. The van der Waals surface area contributed by atoms with Crippen molar-refractivity contribution in [2.45, 2.75) is 51.4 Å². The summed E-state index contributed by atoms with van der Waals surface area (Å²) < 4.78 is 60.0. The maximum Gasteiger partial charge on any atom is 0.333 e. The lowest BCUT2D eigenvalue weighted by Gasteiger charge is -2.33. The van der Waals surface area contributed by atoms with Gasteiger partial charge in [0.2, 0.25) is 0 Å². The van der Waals surface area contributed by atoms with E-state index in [-0.39, 0.29) is 11.9 Å². The second kappa shape index (κ2) is 10.2. The van der Waals surface area contributed by atoms with Gasteiger partial charge in [-0.15, -0.1) is 0 Å². The first-order valence-corrected chi connectivity index (χ1v) is 12.1. The molecule has 3 aromatic heterocycles. The number of ether oxygens (including phenoxy) is 1. The summed E-state index contributed by atoms with van der Waals surface area (Å²) in [5, 5.41) is 13.9. The van der Waals surface area contributed by atoms with Crippen LogP contribution in [-0.4, -0.2) is 54.6 Å². The average Bonchev–Trinajstić information content (AvgIpc) is 3.35. The van der Waals surface area contributed by atoms with Gasteiger partial charge in [0, 0.05) is 55.9 Å². The van der Waals surface area contributed by atoms with Crippen LogP contribution >= 0.6 is 0 Å². The van der Waals surface area contributed by atoms with Gasteiger partial charge < -0.3 is 14.7 Å². The van der Waals surface area contributed by atoms with Crippen LogP contribution in [0.1, 0.15) is 38.9 Å². The number of benzene rings is 1. The van der Waals surface area contributed by atoms with Gasteiger partial charge in [0.05, 0.1) is 23.5 Å². The molecular formula is C26H26F4N6O2. The zero-order chi connectivity index (χ0) is 27.0. The van der Waals surface area contributed by atoms with Crippen LogP contribution in [0.25, 0.3) is 22.3 Å². The summed E-state index contributed by atoms with van der Waals surface area (Å²) in [7, 11) is 0. The molecule has 0 unspecified atom stereocenters. The minimum atomic E-state index is -2.80. The fraction of sp³-hybridized carbons (Fsp3) is 0.385. The van der Waals surface area contributed by atoms with Crippen LogP contribution in [0.4, 0.5) is 23.4 Å². The van der Waals surface area contributed by atoms with E-state index in [0.29, 0.717) is 70.8 Å². The molecule has 0 spiro atoms. The summed E-state index contributed by atoms with van der Waals surface area (Å²) in [4.78, 5) is 15.9. The van der Waals surface area contributed by atoms with E-state index >= 15 is 0 Å². The molecule has 1 aliphatic rings. The number of hydrogen-bond donors (Lipinski definition) is 1. The van der Waals surface area contributed by atoms with E-state index in [0.717, 1.165) is 12.1 Å². The molecular weight excluding hydrogens is 504 g/mol. The third kappa shape index (κ3) is 5.69. The second-order valence-electron chi connectivity index (χ2n) is 9.92. The van der Waals surface area contributed by atoms with Crippen LogP contribution in [0.3, 0.4) is 0 Å². The van der Waals surface area contributed by atoms with Crippen molar-refractivity contribution in [2.75, 3.05) is 18.0 Å². The fourth-order valence-corrected chi connectivity index (χ4v) is 4.45. The molecule has 0 aliphatic carbocycles. The van der Waals surface area contributed by atoms with Crippen molar-refractivity contribution in [3.8, 4) is 17.0 Å². The summed E-state index contributed by atoms with van der Waals surface area (Å²) in [6.45, 7) is 1.52. The van der Waals surface area contributed by atoms with Crippen molar-refractivity contribution in [3.05, 3.63) is 60.2 Å². The Morgan fingerprint density at radius 2 is 1.84 bits per heavy atom. The largest absolute Gasteiger partial charge is 0.487 e. The molecule has 0 atom stereocenters. The van der Waals surface area contributed by atoms with Crippen molar-refractivity contribution in [1.29, 1.82) is 0 Å². The lowest BCUT2D eigenvalue weighted by atomic mass is 10.0. The number of pyridine rings is 1. The monoisotopic (exact) mass is 530 g/mol. The molecule has 4 heterocycles. The predicted octanol–water partition coefficient (Wildman–Crippen LogP) is 4.92. The SMILES string of the molecule is CC(C)(O)Cc1cc2nc(N3CCC(Oc4ccc(F)cc4F)CC3)c(-c3cnn(C(F)F)c3)nc2cn1. The number of alkyl halides is 2. The van der Waals surface area contributed by atoms with Gasteiger partial charge in [-0.25, -0.2) is 23.4 Å². The van der Waals surface area contributed by atoms with E-state index in [1.54, 1.807) is 26.1 Å². The van der Waals surface area contributed by atoms with Gasteiger partial charge >= 0.3 is 6.55 Å². The molecule has 1 aromatic carbocycles. The first-order chi connectivity index (χ1) is 18.1. The third-order valence-corrected chi connectivity index (χ3v) is 6.21. The molecule has 12 heteroatoms. The number of rotatable bonds is 7. The van der Waals surface area contributed by atoms with Crippen LogP contribution in [0.15, 0.2) is 42.9 Å². The molecule has 0 saturated carbocycles. The van der Waals surface area contributed by atoms with Gasteiger partial charge in [0.25, 0.3) is 0 Å². The Balaban J connectivity index is 1.45. The van der Waals surface area contributed by atoms with E-state index in [2.05, 4.69) is 10.1 Å². The summed E-state index contributed by atoms with van der Waals surface area (Å²) >= 11 is 0. The zero-order valence-corrected chi connectivity index (χ0v) is 20.8. The molecule has 38 heavy (non-hydrogen) atoms. The summed E-state index contributed by atoms with van der Waals surface area (Å²) in [5.41, 5.74) is 1.44. The summed E-state index contributed by atoms with van der Waals surface area (Å²) in [6.07, 6.45) is 5.13. The molecule has 1 fully saturated rings. The summed E-state index contributed by atoms with van der Waals surface area (Å²) in [5.74, 6) is -0.967. The topological polar surface area (TPSA) is 89.2 Å². The molecule has 1 aliphatic heterocycles. The molecule has 8 nitrogen and oxygen atoms in total. The highest BCUT2D eigenvalue weighted by atomic mass is 19.3. The van der Waals surface area contributed by atoms with Gasteiger partial charge in [0.15, 0.2) is 17.4 Å². The predicted molar refractivity (Wildman–Crippen MR) is 132 cm³/mol. The first-order valence-electron chi connectivity index (χ1n) is 12.1. The molecule has 5 rings (SSSR count). The van der Waals surface area contributed by atoms with Crippen LogP contribution in [0.5, 0.6) is 5.75 Å². The molecule has 0 radical (unpaired) electrons. The van der Waals surface area contributed by atoms with E-state index in [1.165, 1.54) is 18.5 Å². The second-order valence-corrected chi connectivity index (χ2v) is 9.92. The minimum absolute atomic E-state index is 0.0118. The van der Waals surface area contributed by atoms with Crippen LogP contribution < -0.4 is 9.64 Å². The van der Waals surface area contributed by atoms with E-state index in [1.807, 2.05) is 4.90 Å². The van der Waals surface area contributed by atoms with Gasteiger partial charge in [0.1, 0.15) is 23.1 Å². The maximum atomic E-state index is 14.1.